The zero-order valence-corrected chi connectivity index (χ0v) is 18.3. The molecule has 0 saturated heterocycles. The third kappa shape index (κ3) is 2.92. The summed E-state index contributed by atoms with van der Waals surface area (Å²) in [4.78, 5) is 21.4. The summed E-state index contributed by atoms with van der Waals surface area (Å²) < 4.78 is 28.8. The second-order valence-electron chi connectivity index (χ2n) is 9.22. The molecule has 0 unspecified atom stereocenters. The van der Waals surface area contributed by atoms with E-state index in [9.17, 15) is 13.6 Å². The van der Waals surface area contributed by atoms with E-state index in [1.54, 1.807) is 12.3 Å². The fourth-order valence-electron chi connectivity index (χ4n) is 5.76. The Morgan fingerprint density at radius 1 is 1.21 bits per heavy atom. The van der Waals surface area contributed by atoms with E-state index < -0.39 is 17.0 Å². The van der Waals surface area contributed by atoms with Gasteiger partial charge in [-0.25, -0.2) is 13.8 Å². The van der Waals surface area contributed by atoms with Crippen molar-refractivity contribution < 1.29 is 13.6 Å². The number of fused-ring (bicyclic) bond motifs is 5. The molecule has 0 aliphatic heterocycles. The number of halogens is 2. The van der Waals surface area contributed by atoms with Gasteiger partial charge in [-0.2, -0.15) is 10.4 Å². The Labute approximate surface area is 189 Å². The normalized spacial score (nSPS) is 22.1. The molecule has 1 saturated carbocycles. The number of nitriles is 1. The summed E-state index contributed by atoms with van der Waals surface area (Å²) in [5.41, 5.74) is 1.52. The summed E-state index contributed by atoms with van der Waals surface area (Å²) in [6.45, 7) is 4.25. The zero-order valence-electron chi connectivity index (χ0n) is 18.3. The number of nitrogens with zero attached hydrogens (tertiary/aromatic N) is 5. The van der Waals surface area contributed by atoms with Gasteiger partial charge in [0.2, 0.25) is 0 Å². The topological polar surface area (TPSA) is 92.4 Å². The van der Waals surface area contributed by atoms with Crippen molar-refractivity contribution in [1.82, 2.24) is 20.2 Å². The van der Waals surface area contributed by atoms with Crippen molar-refractivity contribution in [2.24, 2.45) is 5.41 Å². The number of benzene rings is 1. The van der Waals surface area contributed by atoms with E-state index in [0.29, 0.717) is 5.69 Å². The maximum Gasteiger partial charge on any atom is 0.183 e. The number of ketones is 1. The standard InChI is InChI=1S/C25H21F2N5O/c1-24(2)15-8-9-25(24,21-13-29-12-19(30-21)20(33)7-4-10-28)23-14(15)11-18(31-32-23)22-16(26)5-3-6-17(22)27/h3,5-6,11-13,15H,4,7-9H2,1-2H3/t15-,25-/m0/s1. The predicted octanol–water partition coefficient (Wildman–Crippen LogP) is 4.90. The number of carbonyl (C=O) groups excluding carboxylic acids is 1. The van der Waals surface area contributed by atoms with Crippen LogP contribution in [0.2, 0.25) is 0 Å². The molecule has 0 amide bonds. The summed E-state index contributed by atoms with van der Waals surface area (Å²) in [6.07, 6.45) is 4.88. The van der Waals surface area contributed by atoms with Crippen LogP contribution < -0.4 is 0 Å². The monoisotopic (exact) mass is 445 g/mol. The van der Waals surface area contributed by atoms with Crippen molar-refractivity contribution in [2.75, 3.05) is 0 Å². The van der Waals surface area contributed by atoms with Crippen LogP contribution in [0, 0.1) is 28.4 Å². The molecule has 5 rings (SSSR count). The molecule has 1 fully saturated rings. The van der Waals surface area contributed by atoms with Gasteiger partial charge in [-0.05, 0) is 47.9 Å². The van der Waals surface area contributed by atoms with Crippen LogP contribution in [0.15, 0.2) is 36.7 Å². The molecule has 166 valence electrons. The van der Waals surface area contributed by atoms with Gasteiger partial charge in [0, 0.05) is 19.0 Å². The predicted molar refractivity (Wildman–Crippen MR) is 115 cm³/mol. The van der Waals surface area contributed by atoms with E-state index in [0.717, 1.165) is 24.1 Å². The number of Topliss-reactive ketones (excluding diaryl/α,β-unsaturated/α-hetero) is 1. The van der Waals surface area contributed by atoms with Gasteiger partial charge >= 0.3 is 0 Å². The maximum absolute atomic E-state index is 14.4. The van der Waals surface area contributed by atoms with Crippen molar-refractivity contribution in [3.05, 3.63) is 70.9 Å². The highest BCUT2D eigenvalue weighted by molar-refractivity contribution is 5.94. The first-order valence-electron chi connectivity index (χ1n) is 10.9. The van der Waals surface area contributed by atoms with Gasteiger partial charge in [0.05, 0.1) is 40.3 Å². The van der Waals surface area contributed by atoms with E-state index in [4.69, 9.17) is 5.26 Å². The van der Waals surface area contributed by atoms with Crippen LogP contribution in [0.5, 0.6) is 0 Å². The lowest BCUT2D eigenvalue weighted by atomic mass is 9.66. The number of aromatic nitrogens is 4. The Morgan fingerprint density at radius 3 is 2.70 bits per heavy atom. The third-order valence-electron chi connectivity index (χ3n) is 7.42. The van der Waals surface area contributed by atoms with Gasteiger partial charge in [0.25, 0.3) is 0 Å². The number of carbonyl (C=O) groups is 1. The lowest BCUT2D eigenvalue weighted by Crippen LogP contribution is -2.38. The average molecular weight is 445 g/mol. The maximum atomic E-state index is 14.4. The molecular weight excluding hydrogens is 424 g/mol. The minimum absolute atomic E-state index is 0.0849. The highest BCUT2D eigenvalue weighted by Gasteiger charge is 2.65. The molecule has 8 heteroatoms. The second-order valence-corrected chi connectivity index (χ2v) is 9.22. The van der Waals surface area contributed by atoms with Crippen molar-refractivity contribution in [3.63, 3.8) is 0 Å². The van der Waals surface area contributed by atoms with Crippen LogP contribution in [0.1, 0.15) is 72.9 Å². The molecule has 1 aromatic carbocycles. The molecule has 0 spiro atoms. The quantitative estimate of drug-likeness (QED) is 0.519. The molecule has 33 heavy (non-hydrogen) atoms. The summed E-state index contributed by atoms with van der Waals surface area (Å²) in [5, 5.41) is 17.5. The van der Waals surface area contributed by atoms with Crippen LogP contribution in [0.4, 0.5) is 8.78 Å². The summed E-state index contributed by atoms with van der Waals surface area (Å²) in [7, 11) is 0. The SMILES string of the molecule is CC1(C)[C@H]2CC[C@]1(c1cncc(C(=O)CCC#N)n1)c1nnc(-c3c(F)cccc3F)cc12. The van der Waals surface area contributed by atoms with Crippen LogP contribution in [0.3, 0.4) is 0 Å². The molecule has 2 aromatic heterocycles. The van der Waals surface area contributed by atoms with Crippen LogP contribution >= 0.6 is 0 Å². The van der Waals surface area contributed by atoms with Crippen molar-refractivity contribution in [3.8, 4) is 17.3 Å². The highest BCUT2D eigenvalue weighted by atomic mass is 19.1. The van der Waals surface area contributed by atoms with E-state index in [2.05, 4.69) is 34.0 Å². The van der Waals surface area contributed by atoms with Crippen molar-refractivity contribution in [1.29, 1.82) is 5.26 Å². The van der Waals surface area contributed by atoms with Crippen molar-refractivity contribution >= 4 is 5.78 Å². The van der Waals surface area contributed by atoms with E-state index >= 15 is 0 Å². The van der Waals surface area contributed by atoms with E-state index in [1.807, 2.05) is 6.07 Å². The minimum atomic E-state index is -0.684. The molecule has 2 atom stereocenters. The fraction of sp³-hybridized carbons (Fsp3) is 0.360. The third-order valence-corrected chi connectivity index (χ3v) is 7.42. The Kier molecular flexibility index (Phi) is 4.82. The molecule has 2 aliphatic rings. The smallest absolute Gasteiger partial charge is 0.183 e. The second kappa shape index (κ2) is 7.48. The Balaban J connectivity index is 1.64. The number of hydrogen-bond acceptors (Lipinski definition) is 6. The lowest BCUT2D eigenvalue weighted by Gasteiger charge is -2.37. The Hall–Kier alpha value is -3.60. The molecule has 2 bridgehead atoms. The molecule has 6 nitrogen and oxygen atoms in total. The van der Waals surface area contributed by atoms with Gasteiger partial charge in [-0.3, -0.25) is 9.78 Å². The van der Waals surface area contributed by atoms with E-state index in [-0.39, 0.29) is 46.9 Å². The highest BCUT2D eigenvalue weighted by Crippen LogP contribution is 2.69. The molecule has 0 N–H and O–H groups in total. The van der Waals surface area contributed by atoms with E-state index in [1.165, 1.54) is 24.4 Å². The van der Waals surface area contributed by atoms with Gasteiger partial charge < -0.3 is 0 Å². The van der Waals surface area contributed by atoms with Gasteiger partial charge in [0.15, 0.2) is 5.78 Å². The molecule has 3 aromatic rings. The Morgan fingerprint density at radius 2 is 1.97 bits per heavy atom. The first-order chi connectivity index (χ1) is 15.8. The van der Waals surface area contributed by atoms with Gasteiger partial charge in [-0.1, -0.05) is 19.9 Å². The van der Waals surface area contributed by atoms with Gasteiger partial charge in [-0.15, -0.1) is 5.10 Å². The summed E-state index contributed by atoms with van der Waals surface area (Å²) in [6, 6.07) is 7.44. The van der Waals surface area contributed by atoms with Crippen LogP contribution in [-0.2, 0) is 5.41 Å². The summed E-state index contributed by atoms with van der Waals surface area (Å²) in [5.74, 6) is -1.51. The first kappa shape index (κ1) is 21.3. The fourth-order valence-corrected chi connectivity index (χ4v) is 5.76. The molecule has 2 heterocycles. The minimum Gasteiger partial charge on any atom is -0.292 e. The first-order valence-corrected chi connectivity index (χ1v) is 10.9. The average Bonchev–Trinajstić information content (AvgIpc) is 3.18. The van der Waals surface area contributed by atoms with Crippen LogP contribution in [-0.4, -0.2) is 25.9 Å². The zero-order chi connectivity index (χ0) is 23.4. The molecular formula is C25H21F2N5O. The molecule has 2 aliphatic carbocycles. The van der Waals surface area contributed by atoms with Crippen molar-refractivity contribution in [2.45, 2.75) is 50.9 Å². The number of rotatable bonds is 5. The van der Waals surface area contributed by atoms with Gasteiger partial charge in [0.1, 0.15) is 17.3 Å². The Bertz CT molecular complexity index is 1310. The lowest BCUT2D eigenvalue weighted by molar-refractivity contribution is 0.0978. The van der Waals surface area contributed by atoms with Crippen LogP contribution in [0.25, 0.3) is 11.3 Å². The summed E-state index contributed by atoms with van der Waals surface area (Å²) >= 11 is 0. The number of hydrogen-bond donors (Lipinski definition) is 0. The molecule has 0 radical (unpaired) electrons. The largest absolute Gasteiger partial charge is 0.292 e.